The van der Waals surface area contributed by atoms with E-state index in [1.54, 1.807) is 37.3 Å². The molecule has 0 aliphatic heterocycles. The number of aromatic nitrogens is 3. The summed E-state index contributed by atoms with van der Waals surface area (Å²) in [6.07, 6.45) is 5.03. The molecule has 4 rings (SSSR count). The van der Waals surface area contributed by atoms with Gasteiger partial charge in [-0.25, -0.2) is 9.67 Å². The molecule has 0 atom stereocenters. The Morgan fingerprint density at radius 3 is 2.59 bits per heavy atom. The van der Waals surface area contributed by atoms with Gasteiger partial charge in [-0.05, 0) is 43.3 Å². The Kier molecular flexibility index (Phi) is 8.32. The molecule has 2 aromatic carbocycles. The lowest BCUT2D eigenvalue weighted by Gasteiger charge is -2.09. The minimum absolute atomic E-state index is 0.0589. The van der Waals surface area contributed by atoms with Crippen molar-refractivity contribution >= 4 is 34.4 Å². The molecule has 0 aliphatic rings. The summed E-state index contributed by atoms with van der Waals surface area (Å²) in [5.41, 5.74) is 3.62. The summed E-state index contributed by atoms with van der Waals surface area (Å²) in [5.74, 6) is 0.465. The monoisotopic (exact) mass is 518 g/mol. The number of esters is 1. The van der Waals surface area contributed by atoms with Gasteiger partial charge in [0, 0.05) is 28.8 Å². The minimum Gasteiger partial charge on any atom is -0.493 e. The molecule has 0 aliphatic carbocycles. The number of nitrogens with one attached hydrogen (secondary N) is 1. The van der Waals surface area contributed by atoms with Crippen LogP contribution in [-0.4, -0.2) is 47.5 Å². The number of nitrogens with zero attached hydrogens (tertiary/aromatic N) is 3. The molecule has 2 aromatic heterocycles. The van der Waals surface area contributed by atoms with Gasteiger partial charge in [0.2, 0.25) is 5.91 Å². The fourth-order valence-corrected chi connectivity index (χ4v) is 4.26. The van der Waals surface area contributed by atoms with Gasteiger partial charge in [0.25, 0.3) is 0 Å². The Bertz CT molecular complexity index is 1410. The van der Waals surface area contributed by atoms with Gasteiger partial charge < -0.3 is 14.2 Å². The molecule has 0 spiro atoms. The second-order valence-corrected chi connectivity index (χ2v) is 8.59. The van der Waals surface area contributed by atoms with Crippen molar-refractivity contribution in [3.05, 3.63) is 77.4 Å². The van der Waals surface area contributed by atoms with Gasteiger partial charge in [0.15, 0.2) is 16.6 Å². The van der Waals surface area contributed by atoms with Crippen LogP contribution in [0.15, 0.2) is 66.2 Å². The van der Waals surface area contributed by atoms with Crippen molar-refractivity contribution in [2.24, 2.45) is 0 Å². The number of hydrogen-bond acceptors (Lipinski definition) is 8. The second kappa shape index (κ2) is 12.0. The van der Waals surface area contributed by atoms with Crippen molar-refractivity contribution in [1.29, 1.82) is 0 Å². The molecule has 0 radical (unpaired) electrons. The van der Waals surface area contributed by atoms with Crippen molar-refractivity contribution in [1.82, 2.24) is 14.8 Å². The summed E-state index contributed by atoms with van der Waals surface area (Å²) in [5, 5.41) is 9.62. The molecule has 1 amide bonds. The molecule has 1 N–H and O–H groups in total. The van der Waals surface area contributed by atoms with Crippen LogP contribution < -0.4 is 14.8 Å². The first kappa shape index (κ1) is 25.6. The van der Waals surface area contributed by atoms with E-state index in [2.05, 4.69) is 10.3 Å². The number of amides is 1. The topological polar surface area (TPSA) is 105 Å². The lowest BCUT2D eigenvalue weighted by Crippen LogP contribution is -2.09. The van der Waals surface area contributed by atoms with Crippen LogP contribution in [0.3, 0.4) is 0 Å². The maximum absolute atomic E-state index is 12.6. The molecule has 37 heavy (non-hydrogen) atoms. The number of anilines is 1. The average molecular weight is 519 g/mol. The SMILES string of the molecule is CCOC(=O)Cc1csc(NC(=O)/C=C/c2cn(-c3ccccc3)nc2-c2ccc(OC)c(OC)c2)n1. The molecule has 10 heteroatoms. The number of para-hydroxylation sites is 1. The first-order chi connectivity index (χ1) is 18.0. The van der Waals surface area contributed by atoms with Gasteiger partial charge in [-0.15, -0.1) is 11.3 Å². The number of hydrogen-bond donors (Lipinski definition) is 1. The van der Waals surface area contributed by atoms with Crippen LogP contribution in [0.1, 0.15) is 18.2 Å². The van der Waals surface area contributed by atoms with Gasteiger partial charge in [-0.3, -0.25) is 14.9 Å². The number of carbonyl (C=O) groups is 2. The molecule has 9 nitrogen and oxygen atoms in total. The first-order valence-electron chi connectivity index (χ1n) is 11.5. The van der Waals surface area contributed by atoms with E-state index in [0.29, 0.717) is 34.6 Å². The summed E-state index contributed by atoms with van der Waals surface area (Å²) in [7, 11) is 3.16. The predicted molar refractivity (Wildman–Crippen MR) is 142 cm³/mol. The minimum atomic E-state index is -0.359. The molecule has 0 unspecified atom stereocenters. The Labute approximate surface area is 218 Å². The maximum atomic E-state index is 12.6. The molecule has 0 bridgehead atoms. The van der Waals surface area contributed by atoms with E-state index >= 15 is 0 Å². The second-order valence-electron chi connectivity index (χ2n) is 7.73. The highest BCUT2D eigenvalue weighted by Gasteiger charge is 2.14. The maximum Gasteiger partial charge on any atom is 0.311 e. The zero-order valence-electron chi connectivity index (χ0n) is 20.6. The fourth-order valence-electron chi connectivity index (χ4n) is 3.55. The summed E-state index contributed by atoms with van der Waals surface area (Å²) >= 11 is 1.24. The highest BCUT2D eigenvalue weighted by atomic mass is 32.1. The van der Waals surface area contributed by atoms with Gasteiger partial charge in [0.1, 0.15) is 5.69 Å². The van der Waals surface area contributed by atoms with Crippen LogP contribution in [0, 0.1) is 0 Å². The van der Waals surface area contributed by atoms with E-state index in [-0.39, 0.29) is 18.3 Å². The van der Waals surface area contributed by atoms with Gasteiger partial charge in [-0.2, -0.15) is 5.10 Å². The number of thiazole rings is 1. The molecule has 4 aromatic rings. The van der Waals surface area contributed by atoms with Crippen LogP contribution in [0.2, 0.25) is 0 Å². The largest absolute Gasteiger partial charge is 0.493 e. The summed E-state index contributed by atoms with van der Waals surface area (Å²) < 4.78 is 17.5. The van der Waals surface area contributed by atoms with Crippen molar-refractivity contribution < 1.29 is 23.8 Å². The van der Waals surface area contributed by atoms with E-state index < -0.39 is 0 Å². The quantitative estimate of drug-likeness (QED) is 0.238. The van der Waals surface area contributed by atoms with E-state index in [1.165, 1.54) is 17.4 Å². The Balaban J connectivity index is 1.58. The molecule has 0 saturated heterocycles. The lowest BCUT2D eigenvalue weighted by molar-refractivity contribution is -0.142. The van der Waals surface area contributed by atoms with E-state index in [1.807, 2.05) is 54.7 Å². The molecular formula is C27H26N4O5S. The molecule has 2 heterocycles. The van der Waals surface area contributed by atoms with Crippen molar-refractivity contribution in [2.45, 2.75) is 13.3 Å². The normalized spacial score (nSPS) is 10.9. The predicted octanol–water partition coefficient (Wildman–Crippen LogP) is 4.77. The van der Waals surface area contributed by atoms with E-state index in [9.17, 15) is 9.59 Å². The van der Waals surface area contributed by atoms with E-state index in [0.717, 1.165) is 16.8 Å². The van der Waals surface area contributed by atoms with Gasteiger partial charge in [-0.1, -0.05) is 18.2 Å². The molecule has 0 fully saturated rings. The number of rotatable bonds is 10. The molecular weight excluding hydrogens is 492 g/mol. The number of carbonyl (C=O) groups excluding carboxylic acids is 2. The third-order valence-corrected chi connectivity index (χ3v) is 6.05. The number of benzene rings is 2. The summed E-state index contributed by atoms with van der Waals surface area (Å²) in [6.45, 7) is 2.06. The van der Waals surface area contributed by atoms with Crippen molar-refractivity contribution in [3.63, 3.8) is 0 Å². The lowest BCUT2D eigenvalue weighted by atomic mass is 10.1. The summed E-state index contributed by atoms with van der Waals surface area (Å²) in [4.78, 5) is 28.6. The van der Waals surface area contributed by atoms with Crippen LogP contribution in [-0.2, 0) is 20.7 Å². The average Bonchev–Trinajstić information content (AvgIpc) is 3.54. The molecule has 0 saturated carbocycles. The fraction of sp³-hybridized carbons (Fsp3) is 0.185. The smallest absolute Gasteiger partial charge is 0.311 e. The zero-order valence-corrected chi connectivity index (χ0v) is 21.5. The Morgan fingerprint density at radius 2 is 1.86 bits per heavy atom. The van der Waals surface area contributed by atoms with Crippen LogP contribution in [0.25, 0.3) is 23.0 Å². The van der Waals surface area contributed by atoms with Crippen molar-refractivity contribution in [3.8, 4) is 28.4 Å². The van der Waals surface area contributed by atoms with E-state index in [4.69, 9.17) is 19.3 Å². The van der Waals surface area contributed by atoms with Crippen LogP contribution in [0.5, 0.6) is 11.5 Å². The highest BCUT2D eigenvalue weighted by molar-refractivity contribution is 7.14. The third-order valence-electron chi connectivity index (χ3n) is 5.25. The Morgan fingerprint density at radius 1 is 1.08 bits per heavy atom. The number of methoxy groups -OCH3 is 2. The van der Waals surface area contributed by atoms with Crippen molar-refractivity contribution in [2.75, 3.05) is 26.1 Å². The highest BCUT2D eigenvalue weighted by Crippen LogP contribution is 2.33. The number of ether oxygens (including phenoxy) is 3. The molecule has 190 valence electrons. The van der Waals surface area contributed by atoms with Crippen LogP contribution in [0.4, 0.5) is 5.13 Å². The van der Waals surface area contributed by atoms with Gasteiger partial charge in [0.05, 0.1) is 38.6 Å². The van der Waals surface area contributed by atoms with Gasteiger partial charge >= 0.3 is 5.97 Å². The Hall–Kier alpha value is -4.44. The standard InChI is InChI=1S/C27H26N4O5S/c1-4-36-25(33)15-20-17-37-27(28-20)29-24(32)13-11-19-16-31(21-8-6-5-7-9-21)30-26(19)18-10-12-22(34-2)23(14-18)35-3/h5-14,16-17H,4,15H2,1-3H3,(H,28,29,32)/b13-11+. The summed E-state index contributed by atoms with van der Waals surface area (Å²) in [6, 6.07) is 15.2. The van der Waals surface area contributed by atoms with Crippen LogP contribution >= 0.6 is 11.3 Å². The first-order valence-corrected chi connectivity index (χ1v) is 12.3. The third kappa shape index (κ3) is 6.42. The zero-order chi connectivity index (χ0) is 26.2.